The Hall–Kier alpha value is -3.09. The molecule has 1 aliphatic heterocycles. The molecule has 1 fully saturated rings. The van der Waals surface area contributed by atoms with Crippen molar-refractivity contribution in [3.05, 3.63) is 53.3 Å². The summed E-state index contributed by atoms with van der Waals surface area (Å²) in [5.74, 6) is 3.12. The molecule has 2 aliphatic rings. The number of hydrogen-bond acceptors (Lipinski definition) is 6. The summed E-state index contributed by atoms with van der Waals surface area (Å²) in [4.78, 5) is 0. The number of nitrogens with zero attached hydrogens (tertiary/aromatic N) is 4. The Labute approximate surface area is 176 Å². The highest BCUT2D eigenvalue weighted by molar-refractivity contribution is 5.57. The number of anilines is 1. The quantitative estimate of drug-likeness (QED) is 0.688. The van der Waals surface area contributed by atoms with Crippen molar-refractivity contribution < 1.29 is 9.47 Å². The highest BCUT2D eigenvalue weighted by Crippen LogP contribution is 2.43. The molecular weight excluding hydrogens is 378 g/mol. The van der Waals surface area contributed by atoms with E-state index in [-0.39, 0.29) is 12.3 Å². The van der Waals surface area contributed by atoms with Crippen molar-refractivity contribution >= 4 is 5.69 Å². The van der Waals surface area contributed by atoms with Gasteiger partial charge in [-0.25, -0.2) is 0 Å². The van der Waals surface area contributed by atoms with Gasteiger partial charge in [0.05, 0.1) is 11.2 Å². The number of nitrogens with one attached hydrogen (secondary N) is 1. The minimum Gasteiger partial charge on any atom is -0.454 e. The first-order chi connectivity index (χ1) is 14.6. The van der Waals surface area contributed by atoms with Crippen LogP contribution in [0.2, 0.25) is 0 Å². The number of para-hydroxylation sites is 1. The van der Waals surface area contributed by atoms with Crippen molar-refractivity contribution in [3.63, 3.8) is 0 Å². The van der Waals surface area contributed by atoms with E-state index in [1.165, 1.54) is 0 Å². The zero-order chi connectivity index (χ0) is 20.7. The van der Waals surface area contributed by atoms with Gasteiger partial charge in [0.25, 0.3) is 0 Å². The Balaban J connectivity index is 1.59. The third-order valence-electron chi connectivity index (χ3n) is 6.43. The molecule has 1 N–H and O–H groups in total. The largest absolute Gasteiger partial charge is 0.454 e. The molecule has 2 aromatic carbocycles. The van der Waals surface area contributed by atoms with E-state index >= 15 is 0 Å². The van der Waals surface area contributed by atoms with Crippen molar-refractivity contribution in [3.8, 4) is 17.2 Å². The van der Waals surface area contributed by atoms with Crippen molar-refractivity contribution in [2.45, 2.75) is 52.0 Å². The van der Waals surface area contributed by atoms with Crippen LogP contribution in [-0.4, -0.2) is 27.0 Å². The molecule has 0 radical (unpaired) electrons. The number of tetrazole rings is 1. The smallest absolute Gasteiger partial charge is 0.231 e. The van der Waals surface area contributed by atoms with Crippen LogP contribution in [0.5, 0.6) is 11.5 Å². The van der Waals surface area contributed by atoms with Gasteiger partial charge < -0.3 is 14.8 Å². The summed E-state index contributed by atoms with van der Waals surface area (Å²) in [6.07, 6.45) is 4.18. The van der Waals surface area contributed by atoms with Crippen LogP contribution in [0.3, 0.4) is 0 Å². The Bertz CT molecular complexity index is 1050. The lowest BCUT2D eigenvalue weighted by Crippen LogP contribution is -2.41. The average Bonchev–Trinajstić information content (AvgIpc) is 3.39. The van der Waals surface area contributed by atoms with E-state index < -0.39 is 0 Å². The lowest BCUT2D eigenvalue weighted by atomic mass is 9.76. The normalized spacial score (nSPS) is 22.8. The number of fused-ring (bicyclic) bond motifs is 1. The molecule has 0 spiro atoms. The topological polar surface area (TPSA) is 74.1 Å². The van der Waals surface area contributed by atoms with Gasteiger partial charge in [-0.2, -0.15) is 4.68 Å². The van der Waals surface area contributed by atoms with Gasteiger partial charge in [0.15, 0.2) is 17.3 Å². The first-order valence-corrected chi connectivity index (χ1v) is 10.6. The van der Waals surface area contributed by atoms with Crippen molar-refractivity contribution in [2.75, 3.05) is 12.1 Å². The van der Waals surface area contributed by atoms with Crippen LogP contribution in [-0.2, 0) is 5.54 Å². The number of ether oxygens (including phenoxy) is 2. The van der Waals surface area contributed by atoms with E-state index in [1.807, 2.05) is 22.9 Å². The molecule has 0 bridgehead atoms. The monoisotopic (exact) mass is 405 g/mol. The van der Waals surface area contributed by atoms with Gasteiger partial charge in [0.1, 0.15) is 0 Å². The summed E-state index contributed by atoms with van der Waals surface area (Å²) in [5, 5.41) is 16.9. The van der Waals surface area contributed by atoms with E-state index in [4.69, 9.17) is 9.47 Å². The zero-order valence-corrected chi connectivity index (χ0v) is 17.7. The second-order valence-electron chi connectivity index (χ2n) is 8.61. The third-order valence-corrected chi connectivity index (χ3v) is 6.43. The van der Waals surface area contributed by atoms with Crippen LogP contribution in [0, 0.1) is 19.8 Å². The van der Waals surface area contributed by atoms with Crippen molar-refractivity contribution in [1.29, 1.82) is 0 Å². The second-order valence-corrected chi connectivity index (χ2v) is 8.61. The Morgan fingerprint density at radius 3 is 2.53 bits per heavy atom. The van der Waals surface area contributed by atoms with Gasteiger partial charge >= 0.3 is 0 Å². The maximum atomic E-state index is 5.59. The Kier molecular flexibility index (Phi) is 4.60. The molecule has 1 aliphatic carbocycles. The van der Waals surface area contributed by atoms with Crippen LogP contribution < -0.4 is 14.8 Å². The van der Waals surface area contributed by atoms with Gasteiger partial charge in [-0.05, 0) is 79.1 Å². The van der Waals surface area contributed by atoms with Gasteiger partial charge in [-0.1, -0.05) is 25.1 Å². The average molecular weight is 406 g/mol. The maximum Gasteiger partial charge on any atom is 0.231 e. The lowest BCUT2D eigenvalue weighted by Gasteiger charge is -2.40. The molecule has 1 saturated carbocycles. The van der Waals surface area contributed by atoms with Crippen LogP contribution >= 0.6 is 0 Å². The second kappa shape index (κ2) is 7.31. The van der Waals surface area contributed by atoms with Crippen molar-refractivity contribution in [2.24, 2.45) is 5.92 Å². The summed E-state index contributed by atoms with van der Waals surface area (Å²) in [5.41, 5.74) is 4.02. The molecule has 0 atom stereocenters. The molecule has 1 aromatic heterocycles. The Morgan fingerprint density at radius 1 is 1.03 bits per heavy atom. The number of hydrogen-bond donors (Lipinski definition) is 1. The first-order valence-electron chi connectivity index (χ1n) is 10.6. The molecule has 0 saturated heterocycles. The molecule has 0 amide bonds. The minimum absolute atomic E-state index is 0.270. The molecule has 7 nitrogen and oxygen atoms in total. The highest BCUT2D eigenvalue weighted by atomic mass is 16.7. The van der Waals surface area contributed by atoms with Crippen LogP contribution in [0.25, 0.3) is 5.69 Å². The third kappa shape index (κ3) is 3.18. The fraction of sp³-hybridized carbons (Fsp3) is 0.435. The SMILES string of the molecule is Cc1cccc(C)c1-n1nnnc1C1(Nc2ccc3c(c2)OCO3)CCC(C)CC1. The summed E-state index contributed by atoms with van der Waals surface area (Å²) in [6, 6.07) is 12.3. The molecule has 2 heterocycles. The summed E-state index contributed by atoms with van der Waals surface area (Å²) in [6.45, 7) is 6.80. The fourth-order valence-electron chi connectivity index (χ4n) is 4.69. The molecule has 0 unspecified atom stereocenters. The van der Waals surface area contributed by atoms with E-state index in [9.17, 15) is 0 Å². The number of aryl methyl sites for hydroxylation is 2. The van der Waals surface area contributed by atoms with Gasteiger partial charge in [0.2, 0.25) is 6.79 Å². The predicted octanol–water partition coefficient (Wildman–Crippen LogP) is 4.53. The summed E-state index contributed by atoms with van der Waals surface area (Å²) < 4.78 is 13.0. The Morgan fingerprint density at radius 2 is 1.77 bits per heavy atom. The number of benzene rings is 2. The van der Waals surface area contributed by atoms with Crippen LogP contribution in [0.4, 0.5) is 5.69 Å². The zero-order valence-electron chi connectivity index (χ0n) is 17.7. The first kappa shape index (κ1) is 18.9. The fourth-order valence-corrected chi connectivity index (χ4v) is 4.69. The molecular formula is C23H27N5O2. The minimum atomic E-state index is -0.349. The predicted molar refractivity (Wildman–Crippen MR) is 114 cm³/mol. The molecule has 3 aromatic rings. The van der Waals surface area contributed by atoms with Gasteiger partial charge in [-0.15, -0.1) is 5.10 Å². The summed E-state index contributed by atoms with van der Waals surface area (Å²) >= 11 is 0. The van der Waals surface area contributed by atoms with E-state index in [2.05, 4.69) is 59.8 Å². The van der Waals surface area contributed by atoms with E-state index in [0.29, 0.717) is 5.92 Å². The molecule has 156 valence electrons. The lowest BCUT2D eigenvalue weighted by molar-refractivity contribution is 0.174. The summed E-state index contributed by atoms with van der Waals surface area (Å²) in [7, 11) is 0. The van der Waals surface area contributed by atoms with Crippen LogP contribution in [0.1, 0.15) is 49.6 Å². The maximum absolute atomic E-state index is 5.59. The molecule has 7 heteroatoms. The highest BCUT2D eigenvalue weighted by Gasteiger charge is 2.41. The number of aromatic nitrogens is 4. The van der Waals surface area contributed by atoms with E-state index in [0.717, 1.165) is 65.5 Å². The number of rotatable bonds is 4. The van der Waals surface area contributed by atoms with Crippen LogP contribution in [0.15, 0.2) is 36.4 Å². The van der Waals surface area contributed by atoms with Gasteiger partial charge in [-0.3, -0.25) is 0 Å². The molecule has 30 heavy (non-hydrogen) atoms. The van der Waals surface area contributed by atoms with Gasteiger partial charge in [0, 0.05) is 11.8 Å². The van der Waals surface area contributed by atoms with Crippen molar-refractivity contribution in [1.82, 2.24) is 20.2 Å². The molecule has 5 rings (SSSR count). The standard InChI is InChI=1S/C23H27N5O2/c1-15-9-11-23(12-10-15,24-18-7-8-19-20(13-18)30-14-29-19)22-25-26-27-28(22)21-16(2)5-4-6-17(21)3/h4-8,13,15,24H,9-12,14H2,1-3H3. The van der Waals surface area contributed by atoms with E-state index in [1.54, 1.807) is 0 Å².